The fourth-order valence-corrected chi connectivity index (χ4v) is 3.58. The van der Waals surface area contributed by atoms with E-state index in [-0.39, 0.29) is 0 Å². The number of aromatic nitrogens is 1. The van der Waals surface area contributed by atoms with Gasteiger partial charge in [0.2, 0.25) is 0 Å². The van der Waals surface area contributed by atoms with Crippen LogP contribution in [0.15, 0.2) is 0 Å². The van der Waals surface area contributed by atoms with Crippen LogP contribution in [0.5, 0.6) is 0 Å². The smallest absolute Gasteiger partial charge is 0.180 e. The lowest BCUT2D eigenvalue weighted by atomic mass is 9.96. The molecule has 1 atom stereocenters. The van der Waals surface area contributed by atoms with E-state index in [4.69, 9.17) is 10.5 Å². The van der Waals surface area contributed by atoms with Gasteiger partial charge in [0.05, 0.1) is 18.9 Å². The highest BCUT2D eigenvalue weighted by Crippen LogP contribution is 2.30. The summed E-state index contributed by atoms with van der Waals surface area (Å²) in [4.78, 5) is 8.34. The Kier molecular flexibility index (Phi) is 2.83. The molecule has 0 bridgehead atoms. The number of rotatable bonds is 1. The minimum Gasteiger partial charge on any atom is -0.379 e. The first kappa shape index (κ1) is 10.5. The predicted molar refractivity (Wildman–Crippen MR) is 64.7 cm³/mol. The summed E-state index contributed by atoms with van der Waals surface area (Å²) < 4.78 is 5.39. The van der Waals surface area contributed by atoms with Gasteiger partial charge in [-0.2, -0.15) is 0 Å². The number of anilines is 1. The summed E-state index contributed by atoms with van der Waals surface area (Å²) in [6.45, 7) is 3.92. The van der Waals surface area contributed by atoms with Crippen LogP contribution in [0.4, 0.5) is 5.13 Å². The standard InChI is InChI=1S/C11H17N3OS/c12-11-13-9-2-1-8(7-10(9)16-11)14-3-5-15-6-4-14/h8H,1-7H2,(H2,12,13)/t8-/m0/s1. The number of thiazole rings is 1. The van der Waals surface area contributed by atoms with Crippen molar-refractivity contribution in [3.63, 3.8) is 0 Å². The molecule has 3 rings (SSSR count). The van der Waals surface area contributed by atoms with Crippen molar-refractivity contribution in [1.82, 2.24) is 9.88 Å². The molecule has 0 amide bonds. The first-order valence-corrected chi connectivity index (χ1v) is 6.70. The zero-order chi connectivity index (χ0) is 11.0. The molecule has 1 fully saturated rings. The molecule has 0 radical (unpaired) electrons. The number of hydrogen-bond donors (Lipinski definition) is 1. The van der Waals surface area contributed by atoms with Gasteiger partial charge in [-0.1, -0.05) is 0 Å². The van der Waals surface area contributed by atoms with Crippen molar-refractivity contribution in [3.8, 4) is 0 Å². The van der Waals surface area contributed by atoms with Gasteiger partial charge in [-0.05, 0) is 19.3 Å². The maximum absolute atomic E-state index is 5.76. The van der Waals surface area contributed by atoms with Crippen LogP contribution in [0, 0.1) is 0 Å². The van der Waals surface area contributed by atoms with Gasteiger partial charge < -0.3 is 10.5 Å². The van der Waals surface area contributed by atoms with Crippen LogP contribution in [0.1, 0.15) is 17.0 Å². The second-order valence-electron chi connectivity index (χ2n) is 4.47. The fourth-order valence-electron chi connectivity index (χ4n) is 2.63. The molecule has 1 aromatic rings. The molecule has 1 aliphatic carbocycles. The van der Waals surface area contributed by atoms with Crippen LogP contribution in [0.3, 0.4) is 0 Å². The van der Waals surface area contributed by atoms with Crippen LogP contribution in [0.2, 0.25) is 0 Å². The van der Waals surface area contributed by atoms with E-state index in [2.05, 4.69) is 9.88 Å². The molecule has 2 aliphatic rings. The molecule has 16 heavy (non-hydrogen) atoms. The number of nitrogen functional groups attached to an aromatic ring is 1. The van der Waals surface area contributed by atoms with E-state index in [1.165, 1.54) is 17.0 Å². The molecule has 4 nitrogen and oxygen atoms in total. The predicted octanol–water partition coefficient (Wildman–Crippen LogP) is 0.915. The van der Waals surface area contributed by atoms with Gasteiger partial charge in [-0.3, -0.25) is 4.90 Å². The number of fused-ring (bicyclic) bond motifs is 1. The van der Waals surface area contributed by atoms with E-state index in [0.29, 0.717) is 6.04 Å². The van der Waals surface area contributed by atoms with Crippen molar-refractivity contribution in [1.29, 1.82) is 0 Å². The Morgan fingerprint density at radius 3 is 3.00 bits per heavy atom. The highest BCUT2D eigenvalue weighted by molar-refractivity contribution is 7.15. The van der Waals surface area contributed by atoms with Crippen LogP contribution in [-0.2, 0) is 17.6 Å². The Morgan fingerprint density at radius 1 is 1.38 bits per heavy atom. The highest BCUT2D eigenvalue weighted by Gasteiger charge is 2.27. The second kappa shape index (κ2) is 4.31. The lowest BCUT2D eigenvalue weighted by Gasteiger charge is -2.36. The number of ether oxygens (including phenoxy) is 1. The largest absolute Gasteiger partial charge is 0.379 e. The van der Waals surface area contributed by atoms with E-state index < -0.39 is 0 Å². The zero-order valence-electron chi connectivity index (χ0n) is 9.32. The summed E-state index contributed by atoms with van der Waals surface area (Å²) in [6.07, 6.45) is 3.44. The van der Waals surface area contributed by atoms with E-state index in [1.807, 2.05) is 0 Å². The number of aryl methyl sites for hydroxylation is 1. The van der Waals surface area contributed by atoms with Crippen LogP contribution in [-0.4, -0.2) is 42.2 Å². The Bertz CT molecular complexity index is 373. The van der Waals surface area contributed by atoms with E-state index in [1.54, 1.807) is 11.3 Å². The highest BCUT2D eigenvalue weighted by atomic mass is 32.1. The number of hydrogen-bond acceptors (Lipinski definition) is 5. The summed E-state index contributed by atoms with van der Waals surface area (Å²) in [5.41, 5.74) is 7.00. The van der Waals surface area contributed by atoms with Gasteiger partial charge in [0.15, 0.2) is 5.13 Å². The normalized spacial score (nSPS) is 26.6. The molecule has 0 unspecified atom stereocenters. The van der Waals surface area contributed by atoms with Crippen LogP contribution < -0.4 is 5.73 Å². The van der Waals surface area contributed by atoms with Crippen molar-refractivity contribution >= 4 is 16.5 Å². The molecule has 0 saturated carbocycles. The third kappa shape index (κ3) is 1.95. The third-order valence-electron chi connectivity index (χ3n) is 3.49. The van der Waals surface area contributed by atoms with Crippen molar-refractivity contribution in [3.05, 3.63) is 10.6 Å². The molecule has 1 aromatic heterocycles. The molecule has 2 heterocycles. The van der Waals surface area contributed by atoms with Gasteiger partial charge in [0, 0.05) is 24.0 Å². The van der Waals surface area contributed by atoms with Gasteiger partial charge in [-0.15, -0.1) is 11.3 Å². The van der Waals surface area contributed by atoms with E-state index >= 15 is 0 Å². The molecule has 0 aromatic carbocycles. The zero-order valence-corrected chi connectivity index (χ0v) is 10.1. The molecule has 1 saturated heterocycles. The van der Waals surface area contributed by atoms with Crippen molar-refractivity contribution < 1.29 is 4.74 Å². The average molecular weight is 239 g/mol. The Morgan fingerprint density at radius 2 is 2.19 bits per heavy atom. The van der Waals surface area contributed by atoms with Gasteiger partial charge in [0.1, 0.15) is 0 Å². The minimum absolute atomic E-state index is 0.677. The maximum Gasteiger partial charge on any atom is 0.180 e. The molecule has 2 N–H and O–H groups in total. The first-order chi connectivity index (χ1) is 7.83. The van der Waals surface area contributed by atoms with Crippen molar-refractivity contribution in [2.75, 3.05) is 32.0 Å². The number of nitrogens with zero attached hydrogens (tertiary/aromatic N) is 2. The lowest BCUT2D eigenvalue weighted by Crippen LogP contribution is -2.45. The van der Waals surface area contributed by atoms with Crippen molar-refractivity contribution in [2.24, 2.45) is 0 Å². The molecule has 1 aliphatic heterocycles. The van der Waals surface area contributed by atoms with E-state index in [0.717, 1.165) is 44.3 Å². The van der Waals surface area contributed by atoms with Crippen LogP contribution in [0.25, 0.3) is 0 Å². The van der Waals surface area contributed by atoms with Gasteiger partial charge >= 0.3 is 0 Å². The Hall–Kier alpha value is -0.650. The second-order valence-corrected chi connectivity index (χ2v) is 5.58. The third-order valence-corrected chi connectivity index (χ3v) is 4.44. The molecule has 0 spiro atoms. The minimum atomic E-state index is 0.677. The quantitative estimate of drug-likeness (QED) is 0.791. The molecule has 5 heteroatoms. The Balaban J connectivity index is 1.71. The van der Waals surface area contributed by atoms with E-state index in [9.17, 15) is 0 Å². The SMILES string of the molecule is Nc1nc2c(s1)C[C@@H](N1CCOCC1)CC2. The topological polar surface area (TPSA) is 51.4 Å². The maximum atomic E-state index is 5.76. The van der Waals surface area contributed by atoms with Crippen molar-refractivity contribution in [2.45, 2.75) is 25.3 Å². The summed E-state index contributed by atoms with van der Waals surface area (Å²) in [5.74, 6) is 0. The van der Waals surface area contributed by atoms with Gasteiger partial charge in [0.25, 0.3) is 0 Å². The number of nitrogens with two attached hydrogens (primary N) is 1. The molecular formula is C11H17N3OS. The Labute approximate surface area is 99.4 Å². The summed E-state index contributed by atoms with van der Waals surface area (Å²) >= 11 is 1.67. The number of morpholine rings is 1. The summed E-state index contributed by atoms with van der Waals surface area (Å²) in [7, 11) is 0. The fraction of sp³-hybridized carbons (Fsp3) is 0.727. The van der Waals surface area contributed by atoms with Crippen LogP contribution >= 0.6 is 11.3 Å². The average Bonchev–Trinajstić information content (AvgIpc) is 2.69. The van der Waals surface area contributed by atoms with Gasteiger partial charge in [-0.25, -0.2) is 4.98 Å². The summed E-state index contributed by atoms with van der Waals surface area (Å²) in [6, 6.07) is 0.677. The monoisotopic (exact) mass is 239 g/mol. The first-order valence-electron chi connectivity index (χ1n) is 5.89. The molecule has 88 valence electrons. The lowest BCUT2D eigenvalue weighted by molar-refractivity contribution is 0.0139. The molecular weight excluding hydrogens is 222 g/mol. The summed E-state index contributed by atoms with van der Waals surface area (Å²) in [5, 5.41) is 0.729.